The first-order chi connectivity index (χ1) is 20.7. The van der Waals surface area contributed by atoms with E-state index in [9.17, 15) is 18.0 Å². The predicted molar refractivity (Wildman–Crippen MR) is 175 cm³/mol. The lowest BCUT2D eigenvalue weighted by Crippen LogP contribution is -2.39. The number of hydrogen-bond donors (Lipinski definition) is 0. The van der Waals surface area contributed by atoms with Gasteiger partial charge < -0.3 is 4.74 Å². The van der Waals surface area contributed by atoms with Gasteiger partial charge in [-0.25, -0.2) is 0 Å². The van der Waals surface area contributed by atoms with E-state index < -0.39 is 17.5 Å². The van der Waals surface area contributed by atoms with Gasteiger partial charge in [0.1, 0.15) is 5.41 Å². The summed E-state index contributed by atoms with van der Waals surface area (Å²) in [5, 5.41) is 0. The van der Waals surface area contributed by atoms with E-state index in [2.05, 4.69) is 69.0 Å². The molecule has 2 nitrogen and oxygen atoms in total. The number of esters is 1. The molecule has 44 heavy (non-hydrogen) atoms. The Morgan fingerprint density at radius 1 is 0.864 bits per heavy atom. The lowest BCUT2D eigenvalue weighted by atomic mass is 9.69. The lowest BCUT2D eigenvalue weighted by molar-refractivity contribution is -0.211. The van der Waals surface area contributed by atoms with E-state index in [0.717, 1.165) is 51.8 Å². The van der Waals surface area contributed by atoms with Crippen molar-refractivity contribution in [2.24, 2.45) is 11.3 Å². The Labute approximate surface area is 262 Å². The Bertz CT molecular complexity index is 1540. The Kier molecular flexibility index (Phi) is 11.2. The number of ether oxygens (including phenoxy) is 1. The number of carbonyl (C=O) groups excluding carboxylic acids is 1. The second-order valence-corrected chi connectivity index (χ2v) is 12.4. The van der Waals surface area contributed by atoms with E-state index in [1.165, 1.54) is 19.6 Å². The normalized spacial score (nSPS) is 13.9. The molecule has 5 heteroatoms. The van der Waals surface area contributed by atoms with E-state index in [4.69, 9.17) is 4.74 Å². The monoisotopic (exact) mass is 604 g/mol. The third kappa shape index (κ3) is 7.06. The zero-order valence-electron chi connectivity index (χ0n) is 27.8. The standard InChI is InChI=1S/C39H47F3O2/c1-10-13-29(7)37(8,39(40,41)42)21-20-30-16-17-33(23-27(30)5)38(11-2,12-3)34-18-19-35(28(6)24-34)32-15-14-31(26(4)22-32)25-36(43)44-9/h14-19,22-24,29H,10-13,25H2,1-9H3. The van der Waals surface area contributed by atoms with Crippen LogP contribution in [0.5, 0.6) is 0 Å². The average molecular weight is 605 g/mol. The minimum Gasteiger partial charge on any atom is -0.469 e. The number of aryl methyl sites for hydroxylation is 3. The third-order valence-corrected chi connectivity index (χ3v) is 9.73. The molecule has 3 aromatic rings. The van der Waals surface area contributed by atoms with Crippen LogP contribution in [0.15, 0.2) is 54.6 Å². The second kappa shape index (κ2) is 14.1. The zero-order valence-corrected chi connectivity index (χ0v) is 27.8. The van der Waals surface area contributed by atoms with Crippen molar-refractivity contribution in [2.45, 2.75) is 99.1 Å². The van der Waals surface area contributed by atoms with Crippen LogP contribution >= 0.6 is 0 Å². The smallest absolute Gasteiger partial charge is 0.405 e. The minimum absolute atomic E-state index is 0.249. The van der Waals surface area contributed by atoms with Gasteiger partial charge in [-0.2, -0.15) is 13.2 Å². The molecule has 3 aromatic carbocycles. The summed E-state index contributed by atoms with van der Waals surface area (Å²) in [6.07, 6.45) is -1.27. The summed E-state index contributed by atoms with van der Waals surface area (Å²) in [6.45, 7) is 15.2. The van der Waals surface area contributed by atoms with Crippen LogP contribution < -0.4 is 0 Å². The summed E-state index contributed by atoms with van der Waals surface area (Å²) in [5.41, 5.74) is 6.91. The van der Waals surface area contributed by atoms with Crippen LogP contribution in [-0.4, -0.2) is 19.3 Å². The van der Waals surface area contributed by atoms with Crippen molar-refractivity contribution >= 4 is 5.97 Å². The van der Waals surface area contributed by atoms with Crippen molar-refractivity contribution in [2.75, 3.05) is 7.11 Å². The number of rotatable bonds is 10. The predicted octanol–water partition coefficient (Wildman–Crippen LogP) is 10.5. The lowest BCUT2D eigenvalue weighted by Gasteiger charge is -2.34. The highest BCUT2D eigenvalue weighted by molar-refractivity contribution is 5.74. The van der Waals surface area contributed by atoms with E-state index in [0.29, 0.717) is 18.4 Å². The van der Waals surface area contributed by atoms with Gasteiger partial charge in [0.15, 0.2) is 0 Å². The Morgan fingerprint density at radius 2 is 1.48 bits per heavy atom. The fourth-order valence-electron chi connectivity index (χ4n) is 6.30. The molecule has 3 rings (SSSR count). The molecule has 0 bridgehead atoms. The van der Waals surface area contributed by atoms with Gasteiger partial charge in [0.25, 0.3) is 0 Å². The largest absolute Gasteiger partial charge is 0.469 e. The molecule has 236 valence electrons. The molecule has 0 aromatic heterocycles. The highest BCUT2D eigenvalue weighted by Crippen LogP contribution is 2.45. The van der Waals surface area contributed by atoms with Crippen molar-refractivity contribution < 1.29 is 22.7 Å². The van der Waals surface area contributed by atoms with Gasteiger partial charge in [-0.15, -0.1) is 0 Å². The number of methoxy groups -OCH3 is 1. The molecule has 0 radical (unpaired) electrons. The fourth-order valence-corrected chi connectivity index (χ4v) is 6.30. The Morgan fingerprint density at radius 3 is 1.98 bits per heavy atom. The molecule has 0 aliphatic heterocycles. The highest BCUT2D eigenvalue weighted by atomic mass is 19.4. The number of alkyl halides is 3. The van der Waals surface area contributed by atoms with Crippen LogP contribution in [0.4, 0.5) is 13.2 Å². The summed E-state index contributed by atoms with van der Waals surface area (Å²) < 4.78 is 47.2. The van der Waals surface area contributed by atoms with Crippen molar-refractivity contribution in [3.63, 3.8) is 0 Å². The first-order valence-electron chi connectivity index (χ1n) is 15.7. The van der Waals surface area contributed by atoms with Gasteiger partial charge in [0.05, 0.1) is 13.5 Å². The quantitative estimate of drug-likeness (QED) is 0.170. The highest BCUT2D eigenvalue weighted by Gasteiger charge is 2.53. The maximum atomic E-state index is 14.1. The molecule has 0 amide bonds. The van der Waals surface area contributed by atoms with E-state index in [1.54, 1.807) is 6.92 Å². The average Bonchev–Trinajstić information content (AvgIpc) is 2.98. The maximum Gasteiger partial charge on any atom is 0.405 e. The van der Waals surface area contributed by atoms with Gasteiger partial charge >= 0.3 is 12.1 Å². The second-order valence-electron chi connectivity index (χ2n) is 12.4. The number of halogens is 3. The molecule has 0 aliphatic rings. The molecule has 0 aliphatic carbocycles. The van der Waals surface area contributed by atoms with Gasteiger partial charge in [0, 0.05) is 11.0 Å². The summed E-state index contributed by atoms with van der Waals surface area (Å²) >= 11 is 0. The summed E-state index contributed by atoms with van der Waals surface area (Å²) in [5.74, 6) is 4.71. The SMILES string of the molecule is CCCC(C)C(C)(C#Cc1ccc(C(CC)(CC)c2ccc(-c3ccc(CC(=O)OC)c(C)c3)c(C)c2)cc1C)C(F)(F)F. The van der Waals surface area contributed by atoms with Gasteiger partial charge in [-0.3, -0.25) is 4.79 Å². The van der Waals surface area contributed by atoms with Crippen molar-refractivity contribution in [1.82, 2.24) is 0 Å². The van der Waals surface area contributed by atoms with Crippen LogP contribution in [0, 0.1) is 43.9 Å². The molecule has 0 saturated heterocycles. The zero-order chi connectivity index (χ0) is 32.9. The number of hydrogen-bond acceptors (Lipinski definition) is 2. The molecular weight excluding hydrogens is 557 g/mol. The molecule has 0 spiro atoms. The van der Waals surface area contributed by atoms with Crippen LogP contribution in [0.2, 0.25) is 0 Å². The molecule has 2 unspecified atom stereocenters. The number of carbonyl (C=O) groups is 1. The van der Waals surface area contributed by atoms with E-state index >= 15 is 0 Å². The van der Waals surface area contributed by atoms with Crippen LogP contribution in [0.1, 0.15) is 99.2 Å². The third-order valence-electron chi connectivity index (χ3n) is 9.73. The summed E-state index contributed by atoms with van der Waals surface area (Å²) in [4.78, 5) is 11.8. The van der Waals surface area contributed by atoms with Crippen molar-refractivity contribution in [1.29, 1.82) is 0 Å². The first-order valence-corrected chi connectivity index (χ1v) is 15.7. The van der Waals surface area contributed by atoms with Gasteiger partial charge in [-0.05, 0) is 103 Å². The Hall–Kier alpha value is -3.52. The van der Waals surface area contributed by atoms with Crippen molar-refractivity contribution in [3.8, 4) is 23.0 Å². The first kappa shape index (κ1) is 35.0. The molecule has 0 saturated carbocycles. The summed E-state index contributed by atoms with van der Waals surface area (Å²) in [6, 6.07) is 18.8. The molecule has 0 N–H and O–H groups in total. The Balaban J connectivity index is 2.00. The fraction of sp³-hybridized carbons (Fsp3) is 0.462. The summed E-state index contributed by atoms with van der Waals surface area (Å²) in [7, 11) is 1.40. The molecule has 2 atom stereocenters. The van der Waals surface area contributed by atoms with Gasteiger partial charge in [-0.1, -0.05) is 94.5 Å². The van der Waals surface area contributed by atoms with Crippen LogP contribution in [0.25, 0.3) is 11.1 Å². The van der Waals surface area contributed by atoms with E-state index in [-0.39, 0.29) is 17.8 Å². The van der Waals surface area contributed by atoms with Crippen LogP contribution in [0.3, 0.4) is 0 Å². The number of benzene rings is 3. The van der Waals surface area contributed by atoms with Gasteiger partial charge in [0.2, 0.25) is 0 Å². The van der Waals surface area contributed by atoms with E-state index in [1.807, 2.05) is 39.0 Å². The molecule has 0 fully saturated rings. The minimum atomic E-state index is -4.41. The van der Waals surface area contributed by atoms with Crippen LogP contribution in [-0.2, 0) is 21.4 Å². The molecular formula is C39H47F3O2. The topological polar surface area (TPSA) is 26.3 Å². The molecule has 0 heterocycles. The van der Waals surface area contributed by atoms with Crippen molar-refractivity contribution in [3.05, 3.63) is 93.5 Å². The maximum absolute atomic E-state index is 14.1.